The van der Waals surface area contributed by atoms with E-state index in [1.54, 1.807) is 18.2 Å². The van der Waals surface area contributed by atoms with E-state index in [9.17, 15) is 4.79 Å². The van der Waals surface area contributed by atoms with E-state index in [2.05, 4.69) is 12.1 Å². The third-order valence-electron chi connectivity index (χ3n) is 3.29. The lowest BCUT2D eigenvalue weighted by Crippen LogP contribution is -2.08. The number of carbonyl (C=O) groups is 1. The van der Waals surface area contributed by atoms with E-state index < -0.39 is 0 Å². The van der Waals surface area contributed by atoms with Crippen molar-refractivity contribution in [3.8, 4) is 0 Å². The zero-order valence-electron chi connectivity index (χ0n) is 11.5. The van der Waals surface area contributed by atoms with Gasteiger partial charge in [-0.25, -0.2) is 0 Å². The molecular formula is C17H16Cl2O. The van der Waals surface area contributed by atoms with E-state index >= 15 is 0 Å². The normalized spacial score (nSPS) is 10.6. The minimum absolute atomic E-state index is 0.142. The number of ketones is 1. The molecule has 0 aliphatic carbocycles. The fourth-order valence-corrected chi connectivity index (χ4v) is 2.54. The summed E-state index contributed by atoms with van der Waals surface area (Å²) in [6.07, 6.45) is 0.739. The monoisotopic (exact) mass is 306 g/mol. The van der Waals surface area contributed by atoms with E-state index in [0.717, 1.165) is 16.7 Å². The van der Waals surface area contributed by atoms with E-state index in [1.165, 1.54) is 5.56 Å². The molecule has 2 rings (SSSR count). The number of aryl methyl sites for hydroxylation is 2. The highest BCUT2D eigenvalue weighted by atomic mass is 35.5. The summed E-state index contributed by atoms with van der Waals surface area (Å²) in [6.45, 7) is 4.05. The van der Waals surface area contributed by atoms with Crippen molar-refractivity contribution in [1.82, 2.24) is 0 Å². The molecule has 0 aliphatic heterocycles. The lowest BCUT2D eigenvalue weighted by Gasteiger charge is -2.08. The van der Waals surface area contributed by atoms with Crippen LogP contribution in [0.4, 0.5) is 0 Å². The first-order chi connectivity index (χ1) is 9.45. The number of halogens is 2. The van der Waals surface area contributed by atoms with E-state index in [-0.39, 0.29) is 5.78 Å². The smallest absolute Gasteiger partial charge is 0.141 e. The van der Waals surface area contributed by atoms with Crippen LogP contribution in [0.15, 0.2) is 36.4 Å². The van der Waals surface area contributed by atoms with Crippen LogP contribution in [0.25, 0.3) is 0 Å². The molecule has 104 valence electrons. The van der Waals surface area contributed by atoms with E-state index in [1.807, 2.05) is 19.9 Å². The fourth-order valence-electron chi connectivity index (χ4n) is 2.16. The van der Waals surface area contributed by atoms with Gasteiger partial charge in [0.2, 0.25) is 0 Å². The first-order valence-electron chi connectivity index (χ1n) is 6.47. The van der Waals surface area contributed by atoms with Crippen molar-refractivity contribution in [3.63, 3.8) is 0 Å². The van der Waals surface area contributed by atoms with Crippen LogP contribution in [0.3, 0.4) is 0 Å². The van der Waals surface area contributed by atoms with Crippen molar-refractivity contribution in [2.45, 2.75) is 26.7 Å². The average molecular weight is 307 g/mol. The zero-order valence-corrected chi connectivity index (χ0v) is 13.1. The van der Waals surface area contributed by atoms with Gasteiger partial charge >= 0.3 is 0 Å². The molecule has 0 fully saturated rings. The van der Waals surface area contributed by atoms with Crippen LogP contribution in [0.2, 0.25) is 10.0 Å². The summed E-state index contributed by atoms with van der Waals surface area (Å²) in [4.78, 5) is 12.2. The van der Waals surface area contributed by atoms with Crippen molar-refractivity contribution in [1.29, 1.82) is 0 Å². The number of benzene rings is 2. The van der Waals surface area contributed by atoms with Crippen LogP contribution in [-0.2, 0) is 17.6 Å². The Labute approximate surface area is 129 Å². The maximum absolute atomic E-state index is 12.2. The minimum Gasteiger partial charge on any atom is -0.299 e. The second kappa shape index (κ2) is 6.43. The minimum atomic E-state index is 0.142. The van der Waals surface area contributed by atoms with Crippen LogP contribution in [-0.4, -0.2) is 5.78 Å². The van der Waals surface area contributed by atoms with Crippen LogP contribution < -0.4 is 0 Å². The number of Topliss-reactive ketones (excluding diaryl/α,β-unsaturated/α-hetero) is 1. The van der Waals surface area contributed by atoms with Gasteiger partial charge in [-0.15, -0.1) is 0 Å². The van der Waals surface area contributed by atoms with Gasteiger partial charge < -0.3 is 0 Å². The van der Waals surface area contributed by atoms with Crippen LogP contribution >= 0.6 is 23.2 Å². The SMILES string of the molecule is Cc1ccc(C)c(CC(=O)Cc2cc(Cl)ccc2Cl)c1. The Kier molecular flexibility index (Phi) is 4.85. The third-order valence-corrected chi connectivity index (χ3v) is 3.89. The van der Waals surface area contributed by atoms with Gasteiger partial charge in [-0.1, -0.05) is 47.0 Å². The molecule has 0 bridgehead atoms. The van der Waals surface area contributed by atoms with Crippen molar-refractivity contribution in [2.24, 2.45) is 0 Å². The highest BCUT2D eigenvalue weighted by molar-refractivity contribution is 6.33. The molecule has 0 heterocycles. The molecule has 0 unspecified atom stereocenters. The first-order valence-corrected chi connectivity index (χ1v) is 7.23. The maximum atomic E-state index is 12.2. The van der Waals surface area contributed by atoms with Gasteiger partial charge in [0.05, 0.1) is 0 Å². The molecule has 0 saturated carbocycles. The lowest BCUT2D eigenvalue weighted by atomic mass is 9.98. The van der Waals surface area contributed by atoms with Crippen molar-refractivity contribution in [3.05, 3.63) is 68.7 Å². The highest BCUT2D eigenvalue weighted by Gasteiger charge is 2.10. The molecule has 0 atom stereocenters. The molecule has 0 radical (unpaired) electrons. The van der Waals surface area contributed by atoms with Crippen LogP contribution in [0, 0.1) is 13.8 Å². The molecule has 0 amide bonds. The van der Waals surface area contributed by atoms with Gasteiger partial charge in [0.25, 0.3) is 0 Å². The quantitative estimate of drug-likeness (QED) is 0.780. The number of rotatable bonds is 4. The summed E-state index contributed by atoms with van der Waals surface area (Å²) >= 11 is 12.0. The summed E-state index contributed by atoms with van der Waals surface area (Å²) in [5, 5.41) is 1.19. The summed E-state index contributed by atoms with van der Waals surface area (Å²) in [5.74, 6) is 0.142. The molecule has 0 N–H and O–H groups in total. The number of hydrogen-bond acceptors (Lipinski definition) is 1. The molecule has 20 heavy (non-hydrogen) atoms. The molecule has 2 aromatic carbocycles. The van der Waals surface area contributed by atoms with Gasteiger partial charge in [-0.05, 0) is 48.7 Å². The van der Waals surface area contributed by atoms with Crippen molar-refractivity contribution >= 4 is 29.0 Å². The summed E-state index contributed by atoms with van der Waals surface area (Å²) < 4.78 is 0. The Morgan fingerprint density at radius 1 is 0.950 bits per heavy atom. The second-order valence-corrected chi connectivity index (χ2v) is 5.90. The predicted molar refractivity (Wildman–Crippen MR) is 84.8 cm³/mol. The lowest BCUT2D eigenvalue weighted by molar-refractivity contribution is -0.117. The van der Waals surface area contributed by atoms with E-state index in [0.29, 0.717) is 22.9 Å². The Morgan fingerprint density at radius 3 is 2.40 bits per heavy atom. The van der Waals surface area contributed by atoms with Crippen LogP contribution in [0.5, 0.6) is 0 Å². The van der Waals surface area contributed by atoms with Crippen LogP contribution in [0.1, 0.15) is 22.3 Å². The Balaban J connectivity index is 2.13. The van der Waals surface area contributed by atoms with Gasteiger partial charge in [-0.2, -0.15) is 0 Å². The average Bonchev–Trinajstić information content (AvgIpc) is 2.38. The van der Waals surface area contributed by atoms with Gasteiger partial charge in [-0.3, -0.25) is 4.79 Å². The molecule has 1 nitrogen and oxygen atoms in total. The molecule has 0 saturated heterocycles. The van der Waals surface area contributed by atoms with Gasteiger partial charge in [0, 0.05) is 22.9 Å². The molecule has 0 aliphatic rings. The third kappa shape index (κ3) is 3.84. The first kappa shape index (κ1) is 15.1. The van der Waals surface area contributed by atoms with Gasteiger partial charge in [0.15, 0.2) is 0 Å². The molecule has 0 aromatic heterocycles. The molecular weight excluding hydrogens is 291 g/mol. The predicted octanol–water partition coefficient (Wildman–Crippen LogP) is 4.96. The van der Waals surface area contributed by atoms with E-state index in [4.69, 9.17) is 23.2 Å². The van der Waals surface area contributed by atoms with Gasteiger partial charge in [0.1, 0.15) is 5.78 Å². The highest BCUT2D eigenvalue weighted by Crippen LogP contribution is 2.22. The molecule has 2 aromatic rings. The standard InChI is InChI=1S/C17H16Cl2O/c1-11-3-4-12(2)13(7-11)9-16(20)10-14-8-15(18)5-6-17(14)19/h3-8H,9-10H2,1-2H3. The second-order valence-electron chi connectivity index (χ2n) is 5.06. The summed E-state index contributed by atoms with van der Waals surface area (Å²) in [7, 11) is 0. The topological polar surface area (TPSA) is 17.1 Å². The summed E-state index contributed by atoms with van der Waals surface area (Å²) in [5.41, 5.74) is 4.17. The van der Waals surface area contributed by atoms with Crippen molar-refractivity contribution < 1.29 is 4.79 Å². The Hall–Kier alpha value is -1.31. The fraction of sp³-hybridized carbons (Fsp3) is 0.235. The Morgan fingerprint density at radius 2 is 1.65 bits per heavy atom. The number of hydrogen-bond donors (Lipinski definition) is 0. The molecule has 3 heteroatoms. The maximum Gasteiger partial charge on any atom is 0.141 e. The Bertz CT molecular complexity index is 592. The zero-order chi connectivity index (χ0) is 14.7. The largest absolute Gasteiger partial charge is 0.299 e. The van der Waals surface area contributed by atoms with Crippen molar-refractivity contribution in [2.75, 3.05) is 0 Å². The number of carbonyl (C=O) groups excluding carboxylic acids is 1. The summed E-state index contributed by atoms with van der Waals surface area (Å²) in [6, 6.07) is 11.4. The molecule has 0 spiro atoms.